The first-order valence-corrected chi connectivity index (χ1v) is 23.3. The SMILES string of the molecule is CC1(C)c2ccccc2C2(c3ccccc3N(c3ccc4c(c3)[Si]3(c5ccccc5-c5ccc(-c6ccccc6)cc53)c3ccccc3-4)c3ccccc32)c2ccccc21. The van der Waals surface area contributed by atoms with Gasteiger partial charge >= 0.3 is 0 Å². The van der Waals surface area contributed by atoms with Crippen LogP contribution in [0.15, 0.2) is 212 Å². The molecule has 13 rings (SSSR count). The summed E-state index contributed by atoms with van der Waals surface area (Å²) in [6, 6.07) is 81.1. The van der Waals surface area contributed by atoms with Crippen LogP contribution in [0.25, 0.3) is 33.4 Å². The van der Waals surface area contributed by atoms with E-state index in [4.69, 9.17) is 0 Å². The zero-order valence-corrected chi connectivity index (χ0v) is 34.7. The number of hydrogen-bond donors (Lipinski definition) is 0. The van der Waals surface area contributed by atoms with Gasteiger partial charge in [-0.2, -0.15) is 0 Å². The molecule has 0 saturated heterocycles. The third-order valence-electron chi connectivity index (χ3n) is 14.5. The Hall–Kier alpha value is -7.00. The van der Waals surface area contributed by atoms with Gasteiger partial charge in [-0.05, 0) is 112 Å². The molecule has 2 heteroatoms. The molecule has 1 nitrogen and oxygen atoms in total. The van der Waals surface area contributed by atoms with Crippen LogP contribution in [-0.4, -0.2) is 8.07 Å². The Morgan fingerprint density at radius 1 is 0.333 bits per heavy atom. The van der Waals surface area contributed by atoms with Crippen molar-refractivity contribution in [1.82, 2.24) is 0 Å². The van der Waals surface area contributed by atoms with E-state index in [9.17, 15) is 0 Å². The maximum Gasteiger partial charge on any atom is 0.182 e. The van der Waals surface area contributed by atoms with Crippen molar-refractivity contribution in [2.75, 3.05) is 4.90 Å². The minimum Gasteiger partial charge on any atom is -0.310 e. The second-order valence-electron chi connectivity index (χ2n) is 17.5. The van der Waals surface area contributed by atoms with Crippen LogP contribution in [0.2, 0.25) is 0 Å². The standard InChI is InChI=1S/C58H41NSi/c1-57(2)45-22-8-10-24-47(45)58(48-25-11-9-23-46(48)57)49-26-12-14-28-51(49)59(52-29-15-13-27-50(52)58)40-33-35-44-42-21-7-17-31-54(42)60(56(44)37-40)53-30-16-6-20-41(53)43-34-32-39(36-55(43)60)38-18-4-3-5-19-38/h3-37H,1-2H3. The van der Waals surface area contributed by atoms with Gasteiger partial charge in [0, 0.05) is 11.1 Å². The molecule has 9 aromatic carbocycles. The van der Waals surface area contributed by atoms with Gasteiger partial charge in [0.2, 0.25) is 0 Å². The lowest BCUT2D eigenvalue weighted by Gasteiger charge is -2.52. The number of rotatable bonds is 2. The van der Waals surface area contributed by atoms with Gasteiger partial charge in [0.15, 0.2) is 8.07 Å². The molecule has 1 unspecified atom stereocenters. The van der Waals surface area contributed by atoms with Gasteiger partial charge in [-0.15, -0.1) is 0 Å². The maximum absolute atomic E-state index is 2.77. The van der Waals surface area contributed by atoms with Gasteiger partial charge in [-0.25, -0.2) is 0 Å². The van der Waals surface area contributed by atoms with Crippen molar-refractivity contribution in [1.29, 1.82) is 0 Å². The van der Waals surface area contributed by atoms with Crippen molar-refractivity contribution in [3.63, 3.8) is 0 Å². The quantitative estimate of drug-likeness (QED) is 0.158. The lowest BCUT2D eigenvalue weighted by molar-refractivity contribution is 0.556. The molecule has 1 atom stereocenters. The summed E-state index contributed by atoms with van der Waals surface area (Å²) >= 11 is 0. The van der Waals surface area contributed by atoms with Gasteiger partial charge in [0.05, 0.1) is 16.8 Å². The summed E-state index contributed by atoms with van der Waals surface area (Å²) in [4.78, 5) is 2.58. The van der Waals surface area contributed by atoms with Crippen LogP contribution in [-0.2, 0) is 10.8 Å². The first-order valence-electron chi connectivity index (χ1n) is 21.3. The zero-order chi connectivity index (χ0) is 39.8. The molecule has 0 saturated carbocycles. The number of nitrogens with zero attached hydrogens (tertiary/aromatic N) is 1. The highest BCUT2D eigenvalue weighted by Crippen LogP contribution is 2.62. The third kappa shape index (κ3) is 4.07. The molecule has 0 radical (unpaired) electrons. The molecule has 60 heavy (non-hydrogen) atoms. The van der Waals surface area contributed by atoms with E-state index in [2.05, 4.69) is 231 Å². The fourth-order valence-corrected chi connectivity index (χ4v) is 17.8. The predicted molar refractivity (Wildman–Crippen MR) is 252 cm³/mol. The molecule has 9 aromatic rings. The number of para-hydroxylation sites is 2. The van der Waals surface area contributed by atoms with Gasteiger partial charge in [0.1, 0.15) is 0 Å². The van der Waals surface area contributed by atoms with E-state index in [-0.39, 0.29) is 5.41 Å². The summed E-state index contributed by atoms with van der Waals surface area (Å²) in [5.41, 5.74) is 19.2. The summed E-state index contributed by atoms with van der Waals surface area (Å²) < 4.78 is 0. The molecular weight excluding hydrogens is 739 g/mol. The molecular formula is C58H41NSi. The fourth-order valence-electron chi connectivity index (χ4n) is 12.2. The average Bonchev–Trinajstić information content (AvgIpc) is 3.77. The largest absolute Gasteiger partial charge is 0.310 e. The highest BCUT2D eigenvalue weighted by molar-refractivity contribution is 7.24. The van der Waals surface area contributed by atoms with Crippen molar-refractivity contribution in [3.05, 3.63) is 246 Å². The van der Waals surface area contributed by atoms with Crippen molar-refractivity contribution in [3.8, 4) is 33.4 Å². The van der Waals surface area contributed by atoms with Crippen molar-refractivity contribution in [2.24, 2.45) is 0 Å². The molecule has 0 fully saturated rings. The molecule has 4 aliphatic rings. The van der Waals surface area contributed by atoms with Crippen LogP contribution in [0, 0.1) is 0 Å². The van der Waals surface area contributed by atoms with Crippen LogP contribution < -0.4 is 25.6 Å². The third-order valence-corrected chi connectivity index (χ3v) is 19.5. The number of anilines is 3. The predicted octanol–water partition coefficient (Wildman–Crippen LogP) is 11.5. The van der Waals surface area contributed by atoms with Crippen LogP contribution in [0.5, 0.6) is 0 Å². The molecule has 282 valence electrons. The Morgan fingerprint density at radius 3 is 1.35 bits per heavy atom. The van der Waals surface area contributed by atoms with Crippen molar-refractivity contribution >= 4 is 45.9 Å². The Balaban J connectivity index is 1.10. The van der Waals surface area contributed by atoms with E-state index in [0.29, 0.717) is 0 Å². The first kappa shape index (κ1) is 33.9. The topological polar surface area (TPSA) is 3.24 Å². The van der Waals surface area contributed by atoms with Crippen LogP contribution >= 0.6 is 0 Å². The molecule has 1 aliphatic carbocycles. The number of benzene rings is 9. The van der Waals surface area contributed by atoms with E-state index < -0.39 is 13.5 Å². The first-order chi connectivity index (χ1) is 29.5. The monoisotopic (exact) mass is 779 g/mol. The van der Waals surface area contributed by atoms with Crippen LogP contribution in [0.3, 0.4) is 0 Å². The number of fused-ring (bicyclic) bond motifs is 18. The Kier molecular flexibility index (Phi) is 6.80. The maximum atomic E-state index is 2.60. The lowest BCUT2D eigenvalue weighted by Crippen LogP contribution is -2.70. The average molecular weight is 780 g/mol. The van der Waals surface area contributed by atoms with E-state index in [0.717, 1.165) is 0 Å². The summed E-state index contributed by atoms with van der Waals surface area (Å²) in [6.07, 6.45) is 0. The van der Waals surface area contributed by atoms with Crippen LogP contribution in [0.1, 0.15) is 47.2 Å². The molecule has 2 spiro atoms. The van der Waals surface area contributed by atoms with Crippen LogP contribution in [0.4, 0.5) is 17.1 Å². The second kappa shape index (κ2) is 12.0. The molecule has 0 bridgehead atoms. The van der Waals surface area contributed by atoms with Gasteiger partial charge < -0.3 is 4.90 Å². The Labute approximate surface area is 352 Å². The van der Waals surface area contributed by atoms with Gasteiger partial charge in [-0.3, -0.25) is 0 Å². The van der Waals surface area contributed by atoms with Crippen molar-refractivity contribution in [2.45, 2.75) is 24.7 Å². The zero-order valence-electron chi connectivity index (χ0n) is 33.7. The summed E-state index contributed by atoms with van der Waals surface area (Å²) in [5.74, 6) is 0. The van der Waals surface area contributed by atoms with E-state index >= 15 is 0 Å². The van der Waals surface area contributed by atoms with Gasteiger partial charge in [-0.1, -0.05) is 202 Å². The summed E-state index contributed by atoms with van der Waals surface area (Å²) in [6.45, 7) is 4.80. The molecule has 3 heterocycles. The molecule has 0 aromatic heterocycles. The second-order valence-corrected chi connectivity index (χ2v) is 21.2. The highest BCUT2D eigenvalue weighted by Gasteiger charge is 2.56. The number of hydrogen-bond acceptors (Lipinski definition) is 1. The molecule has 0 amide bonds. The van der Waals surface area contributed by atoms with E-state index in [1.807, 2.05) is 0 Å². The van der Waals surface area contributed by atoms with Crippen molar-refractivity contribution < 1.29 is 0 Å². The summed E-state index contributed by atoms with van der Waals surface area (Å²) in [5, 5.41) is 5.95. The highest BCUT2D eigenvalue weighted by atomic mass is 28.3. The van der Waals surface area contributed by atoms with E-state index in [1.165, 1.54) is 105 Å². The molecule has 3 aliphatic heterocycles. The normalized spacial score (nSPS) is 17.5. The Morgan fingerprint density at radius 2 is 0.767 bits per heavy atom. The minimum atomic E-state index is -2.77. The summed E-state index contributed by atoms with van der Waals surface area (Å²) in [7, 11) is -2.77. The van der Waals surface area contributed by atoms with Gasteiger partial charge in [0.25, 0.3) is 0 Å². The fraction of sp³-hybridized carbons (Fsp3) is 0.0690. The minimum absolute atomic E-state index is 0.151. The lowest BCUT2D eigenvalue weighted by atomic mass is 9.53. The Bertz CT molecular complexity index is 3150. The smallest absolute Gasteiger partial charge is 0.182 e. The van der Waals surface area contributed by atoms with E-state index in [1.54, 1.807) is 0 Å². The molecule has 0 N–H and O–H groups in total.